The van der Waals surface area contributed by atoms with Crippen LogP contribution < -0.4 is 16.0 Å². The molecule has 3 rings (SSSR count). The molecule has 0 aliphatic carbocycles. The Labute approximate surface area is 143 Å². The highest BCUT2D eigenvalue weighted by molar-refractivity contribution is 5.95. The Morgan fingerprint density at radius 1 is 1.21 bits per heavy atom. The van der Waals surface area contributed by atoms with Crippen molar-refractivity contribution in [1.29, 1.82) is 0 Å². The summed E-state index contributed by atoms with van der Waals surface area (Å²) in [7, 11) is 0. The Morgan fingerprint density at radius 2 is 1.88 bits per heavy atom. The zero-order chi connectivity index (χ0) is 17.5. The monoisotopic (exact) mass is 330 g/mol. The van der Waals surface area contributed by atoms with Crippen LogP contribution in [0.1, 0.15) is 39.2 Å². The zero-order valence-electron chi connectivity index (χ0n) is 15.0. The third-order valence-electron chi connectivity index (χ3n) is 4.54. The molecule has 1 saturated heterocycles. The van der Waals surface area contributed by atoms with E-state index in [1.807, 2.05) is 13.0 Å². The minimum absolute atomic E-state index is 0.126. The van der Waals surface area contributed by atoms with Crippen molar-refractivity contribution >= 4 is 22.4 Å². The summed E-state index contributed by atoms with van der Waals surface area (Å²) in [5.41, 5.74) is 8.74. The molecule has 2 heterocycles. The van der Waals surface area contributed by atoms with Gasteiger partial charge in [0.25, 0.3) is 0 Å². The maximum Gasteiger partial charge on any atom is 0.126 e. The van der Waals surface area contributed by atoms with Crippen LogP contribution in [0.25, 0.3) is 10.9 Å². The zero-order valence-corrected chi connectivity index (χ0v) is 15.0. The second kappa shape index (κ2) is 6.20. The van der Waals surface area contributed by atoms with Gasteiger partial charge in [0.2, 0.25) is 0 Å². The van der Waals surface area contributed by atoms with Crippen molar-refractivity contribution in [1.82, 2.24) is 10.3 Å². The van der Waals surface area contributed by atoms with Gasteiger partial charge in [-0.25, -0.2) is 9.37 Å². The number of hydrogen-bond acceptors (Lipinski definition) is 4. The van der Waals surface area contributed by atoms with E-state index in [0.29, 0.717) is 11.9 Å². The average Bonchev–Trinajstić information content (AvgIpc) is 2.47. The maximum atomic E-state index is 13.9. The fourth-order valence-electron chi connectivity index (χ4n) is 3.60. The summed E-state index contributed by atoms with van der Waals surface area (Å²) >= 11 is 0. The van der Waals surface area contributed by atoms with Crippen molar-refractivity contribution in [3.05, 3.63) is 29.6 Å². The highest BCUT2D eigenvalue weighted by Gasteiger charge is 2.24. The molecular weight excluding hydrogens is 303 g/mol. The number of piperidine rings is 1. The molecule has 24 heavy (non-hydrogen) atoms. The Bertz CT molecular complexity index is 743. The van der Waals surface area contributed by atoms with Crippen LogP contribution in [0.4, 0.5) is 15.9 Å². The predicted octanol–water partition coefficient (Wildman–Crippen LogP) is 3.62. The van der Waals surface area contributed by atoms with Gasteiger partial charge in [0, 0.05) is 41.8 Å². The molecule has 5 heteroatoms. The van der Waals surface area contributed by atoms with Gasteiger partial charge < -0.3 is 16.0 Å². The van der Waals surface area contributed by atoms with Crippen LogP contribution in [-0.4, -0.2) is 29.7 Å². The van der Waals surface area contributed by atoms with Gasteiger partial charge in [-0.05, 0) is 58.2 Å². The summed E-state index contributed by atoms with van der Waals surface area (Å²) in [6, 6.07) is 5.48. The van der Waals surface area contributed by atoms with E-state index in [9.17, 15) is 4.39 Å². The molecule has 1 fully saturated rings. The van der Waals surface area contributed by atoms with Gasteiger partial charge in [0.05, 0.1) is 5.52 Å². The van der Waals surface area contributed by atoms with E-state index in [0.717, 1.165) is 48.1 Å². The fourth-order valence-corrected chi connectivity index (χ4v) is 3.60. The lowest BCUT2D eigenvalue weighted by Crippen LogP contribution is -2.49. The molecule has 0 spiro atoms. The molecule has 2 aromatic rings. The number of aryl methyl sites for hydroxylation is 1. The lowest BCUT2D eigenvalue weighted by molar-refractivity contribution is 0.317. The van der Waals surface area contributed by atoms with Crippen molar-refractivity contribution in [2.75, 3.05) is 23.7 Å². The van der Waals surface area contributed by atoms with Gasteiger partial charge in [-0.15, -0.1) is 0 Å². The van der Waals surface area contributed by atoms with Gasteiger partial charge in [-0.1, -0.05) is 0 Å². The third-order valence-corrected chi connectivity index (χ3v) is 4.54. The van der Waals surface area contributed by atoms with Crippen LogP contribution in [-0.2, 0) is 0 Å². The van der Waals surface area contributed by atoms with E-state index in [-0.39, 0.29) is 11.4 Å². The van der Waals surface area contributed by atoms with Crippen LogP contribution >= 0.6 is 0 Å². The van der Waals surface area contributed by atoms with E-state index in [2.05, 4.69) is 36.0 Å². The van der Waals surface area contributed by atoms with Crippen LogP contribution in [0.2, 0.25) is 0 Å². The Morgan fingerprint density at radius 3 is 2.50 bits per heavy atom. The average molecular weight is 330 g/mol. The molecule has 1 aliphatic heterocycles. The largest absolute Gasteiger partial charge is 0.384 e. The predicted molar refractivity (Wildman–Crippen MR) is 99.0 cm³/mol. The second-order valence-electron chi connectivity index (χ2n) is 7.84. The first-order valence-corrected chi connectivity index (χ1v) is 8.62. The highest BCUT2D eigenvalue weighted by atomic mass is 19.1. The summed E-state index contributed by atoms with van der Waals surface area (Å²) in [4.78, 5) is 6.71. The molecule has 1 aliphatic rings. The molecule has 0 saturated carbocycles. The molecular formula is C19H27FN4. The number of halogens is 1. The van der Waals surface area contributed by atoms with E-state index in [1.165, 1.54) is 6.07 Å². The van der Waals surface area contributed by atoms with Gasteiger partial charge >= 0.3 is 0 Å². The van der Waals surface area contributed by atoms with Gasteiger partial charge in [0.1, 0.15) is 11.6 Å². The number of nitrogen functional groups attached to an aromatic ring is 1. The van der Waals surface area contributed by atoms with Gasteiger partial charge in [-0.2, -0.15) is 0 Å². The minimum Gasteiger partial charge on any atom is -0.384 e. The lowest BCUT2D eigenvalue weighted by atomic mass is 9.99. The molecule has 0 bridgehead atoms. The number of anilines is 2. The summed E-state index contributed by atoms with van der Waals surface area (Å²) in [5.74, 6) is 0.263. The van der Waals surface area contributed by atoms with Crippen LogP contribution in [0.15, 0.2) is 18.2 Å². The maximum absolute atomic E-state index is 13.9. The fraction of sp³-hybridized carbons (Fsp3) is 0.526. The molecule has 0 atom stereocenters. The van der Waals surface area contributed by atoms with Crippen LogP contribution in [0, 0.1) is 12.7 Å². The van der Waals surface area contributed by atoms with Crippen molar-refractivity contribution in [3.63, 3.8) is 0 Å². The number of fused-ring (bicyclic) bond motifs is 1. The minimum atomic E-state index is -0.225. The second-order valence-corrected chi connectivity index (χ2v) is 7.84. The van der Waals surface area contributed by atoms with Crippen molar-refractivity contribution < 1.29 is 4.39 Å². The number of nitrogens with zero attached hydrogens (tertiary/aromatic N) is 2. The molecule has 0 unspecified atom stereocenters. The number of benzene rings is 1. The Hall–Kier alpha value is -1.88. The quantitative estimate of drug-likeness (QED) is 0.883. The Balaban J connectivity index is 1.88. The van der Waals surface area contributed by atoms with Gasteiger partial charge in [-0.3, -0.25) is 0 Å². The molecule has 1 aromatic heterocycles. The first-order chi connectivity index (χ1) is 11.2. The SMILES string of the molecule is Cc1cc(F)cc2c(N3CCC(NC(C)(C)C)CC3)cc(N)nc12. The number of rotatable bonds is 2. The van der Waals surface area contributed by atoms with Crippen molar-refractivity contribution in [2.45, 2.75) is 52.1 Å². The first-order valence-electron chi connectivity index (χ1n) is 8.62. The number of pyridine rings is 1. The standard InChI is InChI=1S/C19H27FN4/c1-12-9-13(20)10-15-16(11-17(21)22-18(12)15)24-7-5-14(6-8-24)23-19(2,3)4/h9-11,14,23H,5-8H2,1-4H3,(H2,21,22). The van der Waals surface area contributed by atoms with Gasteiger partial charge in [0.15, 0.2) is 0 Å². The third kappa shape index (κ3) is 3.61. The summed E-state index contributed by atoms with van der Waals surface area (Å²) in [6.07, 6.45) is 2.13. The Kier molecular flexibility index (Phi) is 4.38. The molecule has 130 valence electrons. The normalized spacial score (nSPS) is 16.8. The van der Waals surface area contributed by atoms with E-state index < -0.39 is 0 Å². The number of nitrogens with one attached hydrogen (secondary N) is 1. The van der Waals surface area contributed by atoms with Crippen molar-refractivity contribution in [2.24, 2.45) is 0 Å². The molecule has 0 amide bonds. The molecule has 0 radical (unpaired) electrons. The first kappa shape index (κ1) is 17.0. The lowest BCUT2D eigenvalue weighted by Gasteiger charge is -2.37. The van der Waals surface area contributed by atoms with E-state index in [4.69, 9.17) is 5.73 Å². The van der Waals surface area contributed by atoms with Crippen molar-refractivity contribution in [3.8, 4) is 0 Å². The number of nitrogens with two attached hydrogens (primary N) is 1. The number of aromatic nitrogens is 1. The smallest absolute Gasteiger partial charge is 0.126 e. The number of hydrogen-bond donors (Lipinski definition) is 2. The molecule has 4 nitrogen and oxygen atoms in total. The summed E-state index contributed by atoms with van der Waals surface area (Å²) in [5, 5.41) is 4.52. The van der Waals surface area contributed by atoms with E-state index >= 15 is 0 Å². The highest BCUT2D eigenvalue weighted by Crippen LogP contribution is 2.32. The van der Waals surface area contributed by atoms with E-state index in [1.54, 1.807) is 6.07 Å². The van der Waals surface area contributed by atoms with Crippen LogP contribution in [0.5, 0.6) is 0 Å². The summed E-state index contributed by atoms with van der Waals surface area (Å²) < 4.78 is 13.9. The summed E-state index contributed by atoms with van der Waals surface area (Å²) in [6.45, 7) is 10.3. The molecule has 3 N–H and O–H groups in total. The topological polar surface area (TPSA) is 54.2 Å². The molecule has 1 aromatic carbocycles. The van der Waals surface area contributed by atoms with Crippen LogP contribution in [0.3, 0.4) is 0 Å².